The van der Waals surface area contributed by atoms with E-state index >= 15 is 0 Å². The lowest BCUT2D eigenvalue weighted by atomic mass is 10.3. The van der Waals surface area contributed by atoms with E-state index < -0.39 is 16.1 Å². The molecule has 0 amide bonds. The van der Waals surface area contributed by atoms with Crippen LogP contribution in [-0.2, 0) is 14.9 Å². The van der Waals surface area contributed by atoms with E-state index in [2.05, 4.69) is 0 Å². The van der Waals surface area contributed by atoms with Crippen molar-refractivity contribution in [2.24, 2.45) is 5.92 Å². The Morgan fingerprint density at radius 1 is 1.62 bits per heavy atom. The molecule has 0 saturated carbocycles. The topological polar surface area (TPSA) is 66.8 Å². The maximum atomic E-state index is 11.5. The largest absolute Gasteiger partial charge is 0.389 e. The number of nitrogens with zero attached hydrogens (tertiary/aromatic N) is 1. The van der Waals surface area contributed by atoms with Crippen molar-refractivity contribution >= 4 is 10.0 Å². The van der Waals surface area contributed by atoms with E-state index in [9.17, 15) is 8.42 Å². The van der Waals surface area contributed by atoms with Gasteiger partial charge in [-0.05, 0) is 5.92 Å². The molecule has 0 unspecified atom stereocenters. The van der Waals surface area contributed by atoms with Crippen molar-refractivity contribution in [1.82, 2.24) is 4.47 Å². The van der Waals surface area contributed by atoms with Gasteiger partial charge in [0.1, 0.15) is 0 Å². The molecular formula is C7H15NO4S. The van der Waals surface area contributed by atoms with Crippen LogP contribution in [0.2, 0.25) is 0 Å². The number of hydrogen-bond acceptors (Lipinski definition) is 4. The quantitative estimate of drug-likeness (QED) is 0.685. The standard InChI is InChI=1S/C7H15NO4S/c1-6(2)5-13(10,11)8-3-7(9)4-12-8/h6-7,9H,3-5H2,1-2H3/t7-/m0/s1. The van der Waals surface area contributed by atoms with E-state index in [0.717, 1.165) is 4.47 Å². The Kier molecular flexibility index (Phi) is 3.28. The second-order valence-corrected chi connectivity index (χ2v) is 5.51. The molecule has 1 saturated heterocycles. The zero-order chi connectivity index (χ0) is 10.1. The lowest BCUT2D eigenvalue weighted by Gasteiger charge is -2.15. The van der Waals surface area contributed by atoms with Crippen molar-refractivity contribution in [3.05, 3.63) is 0 Å². The number of hydrogen-bond donors (Lipinski definition) is 1. The van der Waals surface area contributed by atoms with Crippen molar-refractivity contribution in [3.8, 4) is 0 Å². The summed E-state index contributed by atoms with van der Waals surface area (Å²) in [5.74, 6) is 0.117. The van der Waals surface area contributed by atoms with Crippen molar-refractivity contribution in [2.75, 3.05) is 18.9 Å². The first kappa shape index (κ1) is 10.9. The molecule has 78 valence electrons. The maximum Gasteiger partial charge on any atom is 0.236 e. The Hall–Kier alpha value is -0.170. The summed E-state index contributed by atoms with van der Waals surface area (Å²) in [5, 5.41) is 9.07. The molecule has 0 aliphatic carbocycles. The van der Waals surface area contributed by atoms with Crippen molar-refractivity contribution < 1.29 is 18.4 Å². The van der Waals surface area contributed by atoms with Gasteiger partial charge in [-0.15, -0.1) is 0 Å². The van der Waals surface area contributed by atoms with Gasteiger partial charge in [-0.1, -0.05) is 18.3 Å². The molecule has 1 aliphatic heterocycles. The predicted octanol–water partition coefficient (Wildman–Crippen LogP) is -0.420. The molecule has 0 bridgehead atoms. The van der Waals surface area contributed by atoms with Gasteiger partial charge in [0, 0.05) is 0 Å². The molecule has 1 fully saturated rings. The summed E-state index contributed by atoms with van der Waals surface area (Å²) < 4.78 is 23.8. The van der Waals surface area contributed by atoms with Gasteiger partial charge in [-0.3, -0.25) is 4.84 Å². The highest BCUT2D eigenvalue weighted by atomic mass is 32.2. The zero-order valence-corrected chi connectivity index (χ0v) is 8.62. The van der Waals surface area contributed by atoms with E-state index in [1.165, 1.54) is 0 Å². The minimum Gasteiger partial charge on any atom is -0.389 e. The van der Waals surface area contributed by atoms with Gasteiger partial charge in [0.05, 0.1) is 25.0 Å². The number of β-amino-alcohol motifs (C(OH)–C–C–N with tert-alkyl or cyclic N) is 1. The molecule has 1 heterocycles. The Bertz CT molecular complexity index is 262. The fourth-order valence-corrected chi connectivity index (χ4v) is 2.77. The number of rotatable bonds is 3. The molecule has 1 rings (SSSR count). The summed E-state index contributed by atoms with van der Waals surface area (Å²) in [7, 11) is -3.34. The van der Waals surface area contributed by atoms with Crippen LogP contribution in [0, 0.1) is 5.92 Å². The lowest BCUT2D eigenvalue weighted by Crippen LogP contribution is -2.32. The molecule has 1 aliphatic rings. The molecule has 1 N–H and O–H groups in total. The van der Waals surface area contributed by atoms with Crippen LogP contribution in [0.25, 0.3) is 0 Å². The third kappa shape index (κ3) is 2.91. The molecular weight excluding hydrogens is 194 g/mol. The van der Waals surface area contributed by atoms with Crippen molar-refractivity contribution in [3.63, 3.8) is 0 Å². The second-order valence-electron chi connectivity index (χ2n) is 3.61. The highest BCUT2D eigenvalue weighted by Crippen LogP contribution is 2.13. The van der Waals surface area contributed by atoms with Crippen LogP contribution >= 0.6 is 0 Å². The van der Waals surface area contributed by atoms with Gasteiger partial charge in [-0.25, -0.2) is 8.42 Å². The summed E-state index contributed by atoms with van der Waals surface area (Å²) in [6.45, 7) is 3.76. The first-order chi connectivity index (χ1) is 5.92. The molecule has 1 atom stereocenters. The Morgan fingerprint density at radius 2 is 2.23 bits per heavy atom. The van der Waals surface area contributed by atoms with Crippen LogP contribution in [0.15, 0.2) is 0 Å². The Labute approximate surface area is 78.3 Å². The number of aliphatic hydroxyl groups excluding tert-OH is 1. The third-order valence-corrected chi connectivity index (χ3v) is 3.59. The molecule has 0 radical (unpaired) electrons. The average Bonchev–Trinajstić information content (AvgIpc) is 2.32. The molecule has 13 heavy (non-hydrogen) atoms. The zero-order valence-electron chi connectivity index (χ0n) is 7.80. The van der Waals surface area contributed by atoms with Crippen LogP contribution < -0.4 is 0 Å². The highest BCUT2D eigenvalue weighted by molar-refractivity contribution is 7.88. The first-order valence-corrected chi connectivity index (χ1v) is 5.84. The van der Waals surface area contributed by atoms with Gasteiger partial charge in [0.15, 0.2) is 0 Å². The Morgan fingerprint density at radius 3 is 2.62 bits per heavy atom. The molecule has 0 spiro atoms. The van der Waals surface area contributed by atoms with Crippen LogP contribution in [0.1, 0.15) is 13.8 Å². The fraction of sp³-hybridized carbons (Fsp3) is 1.00. The van der Waals surface area contributed by atoms with E-state index in [1.54, 1.807) is 0 Å². The molecule has 0 aromatic carbocycles. The highest BCUT2D eigenvalue weighted by Gasteiger charge is 2.32. The van der Waals surface area contributed by atoms with Crippen molar-refractivity contribution in [1.29, 1.82) is 0 Å². The first-order valence-electron chi connectivity index (χ1n) is 4.23. The summed E-state index contributed by atoms with van der Waals surface area (Å²) in [6.07, 6.45) is -0.693. The SMILES string of the molecule is CC(C)CS(=O)(=O)N1C[C@H](O)CO1. The van der Waals surface area contributed by atoms with Crippen molar-refractivity contribution in [2.45, 2.75) is 20.0 Å². The Balaban J connectivity index is 2.60. The van der Waals surface area contributed by atoms with Crippen LogP contribution in [-0.4, -0.2) is 43.0 Å². The molecule has 6 heteroatoms. The summed E-state index contributed by atoms with van der Waals surface area (Å²) in [4.78, 5) is 4.83. The minimum atomic E-state index is -3.34. The maximum absolute atomic E-state index is 11.5. The van der Waals surface area contributed by atoms with Gasteiger partial charge in [-0.2, -0.15) is 0 Å². The third-order valence-electron chi connectivity index (χ3n) is 1.62. The van der Waals surface area contributed by atoms with Crippen LogP contribution in [0.5, 0.6) is 0 Å². The average molecular weight is 209 g/mol. The summed E-state index contributed by atoms with van der Waals surface area (Å²) in [6, 6.07) is 0. The van der Waals surface area contributed by atoms with Gasteiger partial charge < -0.3 is 5.11 Å². The predicted molar refractivity (Wildman–Crippen MR) is 47.3 cm³/mol. The second kappa shape index (κ2) is 3.91. The normalized spacial score (nSPS) is 25.7. The number of sulfonamides is 1. The van der Waals surface area contributed by atoms with E-state index in [-0.39, 0.29) is 24.8 Å². The van der Waals surface area contributed by atoms with E-state index in [0.29, 0.717) is 0 Å². The van der Waals surface area contributed by atoms with Crippen LogP contribution in [0.4, 0.5) is 0 Å². The summed E-state index contributed by atoms with van der Waals surface area (Å²) in [5.41, 5.74) is 0. The molecule has 0 aromatic rings. The van der Waals surface area contributed by atoms with Gasteiger partial charge in [0.25, 0.3) is 0 Å². The van der Waals surface area contributed by atoms with E-state index in [1.807, 2.05) is 13.8 Å². The van der Waals surface area contributed by atoms with Gasteiger partial charge >= 0.3 is 0 Å². The fourth-order valence-electron chi connectivity index (χ4n) is 1.14. The monoisotopic (exact) mass is 209 g/mol. The molecule has 5 nitrogen and oxygen atoms in total. The number of aliphatic hydroxyl groups is 1. The number of hydroxylamine groups is 1. The minimum absolute atomic E-state index is 0.0506. The van der Waals surface area contributed by atoms with Crippen LogP contribution in [0.3, 0.4) is 0 Å². The summed E-state index contributed by atoms with van der Waals surface area (Å²) >= 11 is 0. The smallest absolute Gasteiger partial charge is 0.236 e. The molecule has 0 aromatic heterocycles. The van der Waals surface area contributed by atoms with Gasteiger partial charge in [0.2, 0.25) is 10.0 Å². The lowest BCUT2D eigenvalue weighted by molar-refractivity contribution is -0.0318. The van der Waals surface area contributed by atoms with E-state index in [4.69, 9.17) is 9.94 Å².